The van der Waals surface area contributed by atoms with E-state index in [1.807, 2.05) is 78.9 Å². The fourth-order valence-electron chi connectivity index (χ4n) is 2.88. The maximum atomic E-state index is 4.69. The largest absolute Gasteiger partial charge is 0.313 e. The molecule has 0 fully saturated rings. The minimum absolute atomic E-state index is 0.436. The van der Waals surface area contributed by atoms with Crippen molar-refractivity contribution in [3.05, 3.63) is 85.1 Å². The summed E-state index contributed by atoms with van der Waals surface area (Å²) in [5, 5.41) is 22.0. The van der Waals surface area contributed by atoms with E-state index in [4.69, 9.17) is 0 Å². The van der Waals surface area contributed by atoms with E-state index in [-0.39, 0.29) is 0 Å². The zero-order chi connectivity index (χ0) is 20.2. The molecule has 0 amide bonds. The van der Waals surface area contributed by atoms with Crippen LogP contribution in [0, 0.1) is 0 Å². The topological polar surface area (TPSA) is 89.4 Å². The smallest absolute Gasteiger partial charge is 0.211 e. The van der Waals surface area contributed by atoms with Crippen LogP contribution in [0.25, 0.3) is 33.3 Å². The van der Waals surface area contributed by atoms with Gasteiger partial charge in [-0.2, -0.15) is 0 Å². The minimum Gasteiger partial charge on any atom is -0.313 e. The fraction of sp³-hybridized carbons (Fsp3) is 0. The molecule has 3 aromatic heterocycles. The molecule has 0 unspecified atom stereocenters. The molecule has 3 heterocycles. The Morgan fingerprint density at radius 1 is 0.667 bits per heavy atom. The SMILES string of the molecule is c1ccc(-c2nnc(Nc3nc(-c4ccccn4)nnc3-c3ccccc3)s2)cc1. The quantitative estimate of drug-likeness (QED) is 0.443. The molecule has 7 nitrogen and oxygen atoms in total. The molecule has 2 aromatic carbocycles. The van der Waals surface area contributed by atoms with E-state index < -0.39 is 0 Å². The van der Waals surface area contributed by atoms with Gasteiger partial charge in [-0.3, -0.25) is 4.98 Å². The number of nitrogens with one attached hydrogen (secondary N) is 1. The van der Waals surface area contributed by atoms with E-state index in [1.165, 1.54) is 11.3 Å². The summed E-state index contributed by atoms with van der Waals surface area (Å²) in [4.78, 5) is 9.01. The highest BCUT2D eigenvalue weighted by atomic mass is 32.1. The van der Waals surface area contributed by atoms with Crippen molar-refractivity contribution in [3.8, 4) is 33.3 Å². The third kappa shape index (κ3) is 3.76. The van der Waals surface area contributed by atoms with Gasteiger partial charge >= 0.3 is 0 Å². The van der Waals surface area contributed by atoms with Crippen molar-refractivity contribution >= 4 is 22.3 Å². The number of nitrogens with zero attached hydrogens (tertiary/aromatic N) is 6. The first-order valence-electron chi connectivity index (χ1n) is 9.24. The van der Waals surface area contributed by atoms with Crippen LogP contribution >= 0.6 is 11.3 Å². The average Bonchev–Trinajstić information content (AvgIpc) is 3.29. The third-order valence-electron chi connectivity index (χ3n) is 4.30. The van der Waals surface area contributed by atoms with Gasteiger partial charge < -0.3 is 5.32 Å². The van der Waals surface area contributed by atoms with Crippen molar-refractivity contribution in [3.63, 3.8) is 0 Å². The van der Waals surface area contributed by atoms with Gasteiger partial charge in [-0.1, -0.05) is 78.1 Å². The Kier molecular flexibility index (Phi) is 4.89. The minimum atomic E-state index is 0.436. The molecular weight excluding hydrogens is 394 g/mol. The van der Waals surface area contributed by atoms with Gasteiger partial charge in [0.05, 0.1) is 0 Å². The first-order valence-corrected chi connectivity index (χ1v) is 10.1. The van der Waals surface area contributed by atoms with Crippen LogP contribution in [0.4, 0.5) is 10.9 Å². The molecule has 0 aliphatic heterocycles. The lowest BCUT2D eigenvalue weighted by Gasteiger charge is -2.09. The molecule has 0 aliphatic rings. The highest BCUT2D eigenvalue weighted by Crippen LogP contribution is 2.31. The van der Waals surface area contributed by atoms with Gasteiger partial charge in [0, 0.05) is 17.3 Å². The molecule has 0 saturated carbocycles. The molecule has 8 heteroatoms. The number of pyridine rings is 1. The average molecular weight is 409 g/mol. The zero-order valence-corrected chi connectivity index (χ0v) is 16.5. The Hall–Kier alpha value is -4.04. The number of aromatic nitrogens is 6. The summed E-state index contributed by atoms with van der Waals surface area (Å²) in [6, 6.07) is 25.3. The summed E-state index contributed by atoms with van der Waals surface area (Å²) in [5.41, 5.74) is 3.20. The van der Waals surface area contributed by atoms with Gasteiger partial charge in [0.2, 0.25) is 11.0 Å². The number of rotatable bonds is 5. The predicted molar refractivity (Wildman–Crippen MR) is 117 cm³/mol. The summed E-state index contributed by atoms with van der Waals surface area (Å²) in [5.74, 6) is 0.984. The lowest BCUT2D eigenvalue weighted by molar-refractivity contribution is 0.979. The molecule has 0 saturated heterocycles. The van der Waals surface area contributed by atoms with Gasteiger partial charge in [-0.25, -0.2) is 4.98 Å². The van der Waals surface area contributed by atoms with E-state index >= 15 is 0 Å². The summed E-state index contributed by atoms with van der Waals surface area (Å²) in [7, 11) is 0. The highest BCUT2D eigenvalue weighted by Gasteiger charge is 2.15. The Balaban J connectivity index is 1.54. The van der Waals surface area contributed by atoms with Gasteiger partial charge in [-0.05, 0) is 12.1 Å². The molecule has 0 aliphatic carbocycles. The summed E-state index contributed by atoms with van der Waals surface area (Å²) in [6.45, 7) is 0. The van der Waals surface area contributed by atoms with Crippen molar-refractivity contribution in [1.82, 2.24) is 30.4 Å². The Labute approximate surface area is 176 Å². The molecule has 1 N–H and O–H groups in total. The van der Waals surface area contributed by atoms with E-state index in [0.717, 1.165) is 16.1 Å². The molecule has 0 radical (unpaired) electrons. The maximum Gasteiger partial charge on any atom is 0.211 e. The molecular formula is C22H15N7S. The molecule has 0 bridgehead atoms. The van der Waals surface area contributed by atoms with Gasteiger partial charge in [-0.15, -0.1) is 20.4 Å². The van der Waals surface area contributed by atoms with Gasteiger partial charge in [0.15, 0.2) is 5.82 Å². The van der Waals surface area contributed by atoms with Crippen LogP contribution in [-0.4, -0.2) is 30.4 Å². The van der Waals surface area contributed by atoms with Crippen LogP contribution in [-0.2, 0) is 0 Å². The predicted octanol–water partition coefficient (Wildman–Crippen LogP) is 4.86. The highest BCUT2D eigenvalue weighted by molar-refractivity contribution is 7.18. The van der Waals surface area contributed by atoms with Gasteiger partial charge in [0.25, 0.3) is 0 Å². The molecule has 5 aromatic rings. The molecule has 0 atom stereocenters. The van der Waals surface area contributed by atoms with Crippen LogP contribution < -0.4 is 5.32 Å². The van der Waals surface area contributed by atoms with Crippen molar-refractivity contribution in [1.29, 1.82) is 0 Å². The van der Waals surface area contributed by atoms with E-state index in [1.54, 1.807) is 6.20 Å². The maximum absolute atomic E-state index is 4.69. The fourth-order valence-corrected chi connectivity index (χ4v) is 3.63. The molecule has 5 rings (SSSR count). The Morgan fingerprint density at radius 3 is 2.13 bits per heavy atom. The Bertz CT molecular complexity index is 1260. The van der Waals surface area contributed by atoms with Crippen LogP contribution in [0.5, 0.6) is 0 Å². The van der Waals surface area contributed by atoms with Crippen molar-refractivity contribution in [2.75, 3.05) is 5.32 Å². The van der Waals surface area contributed by atoms with Gasteiger partial charge in [0.1, 0.15) is 16.4 Å². The monoisotopic (exact) mass is 409 g/mol. The molecule has 144 valence electrons. The summed E-state index contributed by atoms with van der Waals surface area (Å²) >= 11 is 1.45. The van der Waals surface area contributed by atoms with E-state index in [0.29, 0.717) is 28.2 Å². The number of hydrogen-bond acceptors (Lipinski definition) is 8. The first-order chi connectivity index (χ1) is 14.9. The van der Waals surface area contributed by atoms with Crippen LogP contribution in [0.3, 0.4) is 0 Å². The number of hydrogen-bond donors (Lipinski definition) is 1. The third-order valence-corrected chi connectivity index (χ3v) is 5.19. The van der Waals surface area contributed by atoms with Crippen molar-refractivity contribution in [2.45, 2.75) is 0 Å². The number of benzene rings is 2. The van der Waals surface area contributed by atoms with Crippen LogP contribution in [0.15, 0.2) is 85.1 Å². The summed E-state index contributed by atoms with van der Waals surface area (Å²) in [6.07, 6.45) is 1.70. The Morgan fingerprint density at radius 2 is 1.40 bits per heavy atom. The van der Waals surface area contributed by atoms with Crippen LogP contribution in [0.1, 0.15) is 0 Å². The van der Waals surface area contributed by atoms with E-state index in [2.05, 4.69) is 35.7 Å². The second-order valence-corrected chi connectivity index (χ2v) is 7.29. The van der Waals surface area contributed by atoms with Crippen molar-refractivity contribution in [2.24, 2.45) is 0 Å². The summed E-state index contributed by atoms with van der Waals surface area (Å²) < 4.78 is 0. The molecule has 30 heavy (non-hydrogen) atoms. The van der Waals surface area contributed by atoms with E-state index in [9.17, 15) is 0 Å². The van der Waals surface area contributed by atoms with Crippen molar-refractivity contribution < 1.29 is 0 Å². The lowest BCUT2D eigenvalue weighted by atomic mass is 10.1. The standard InChI is InChI=1S/C22H15N7S/c1-3-9-15(10-4-1)18-20(24-19(27-26-18)17-13-7-8-14-23-17)25-22-29-28-21(30-22)16-11-5-2-6-12-16/h1-14H,(H,24,25,27,29). The second-order valence-electron chi connectivity index (χ2n) is 6.32. The molecule has 0 spiro atoms. The number of anilines is 2. The first kappa shape index (κ1) is 18.0. The lowest BCUT2D eigenvalue weighted by Crippen LogP contribution is -2.03. The normalized spacial score (nSPS) is 10.7. The zero-order valence-electron chi connectivity index (χ0n) is 15.7. The van der Waals surface area contributed by atoms with Crippen LogP contribution in [0.2, 0.25) is 0 Å². The second kappa shape index (κ2) is 8.14.